The predicted octanol–water partition coefficient (Wildman–Crippen LogP) is 3.07. The first-order valence-electron chi connectivity index (χ1n) is 5.36. The summed E-state index contributed by atoms with van der Waals surface area (Å²) >= 11 is 1.52. The van der Waals surface area contributed by atoms with Gasteiger partial charge in [0.25, 0.3) is 0 Å². The number of benzene rings is 1. The molecule has 0 aliphatic carbocycles. The molecule has 4 nitrogen and oxygen atoms in total. The Kier molecular flexibility index (Phi) is 2.60. The standard InChI is InChI=1S/C13H10N2O2S/c1-17-8-2-3-10-12(6-8)18-13(15-10)9-4-5-14-7-11(9)16/h2-7,16H,1H3. The van der Waals surface area contributed by atoms with E-state index >= 15 is 0 Å². The van der Waals surface area contributed by atoms with E-state index in [9.17, 15) is 5.11 Å². The third-order valence-corrected chi connectivity index (χ3v) is 3.68. The first kappa shape index (κ1) is 11.0. The van der Waals surface area contributed by atoms with Gasteiger partial charge in [0.05, 0.1) is 29.1 Å². The number of pyridine rings is 1. The van der Waals surface area contributed by atoms with E-state index in [1.165, 1.54) is 17.5 Å². The highest BCUT2D eigenvalue weighted by Crippen LogP contribution is 2.35. The van der Waals surface area contributed by atoms with Gasteiger partial charge in [-0.25, -0.2) is 4.98 Å². The molecule has 3 rings (SSSR count). The number of methoxy groups -OCH3 is 1. The molecule has 2 aromatic heterocycles. The molecule has 18 heavy (non-hydrogen) atoms. The Hall–Kier alpha value is -2.14. The van der Waals surface area contributed by atoms with Crippen LogP contribution in [0.3, 0.4) is 0 Å². The van der Waals surface area contributed by atoms with E-state index in [2.05, 4.69) is 9.97 Å². The predicted molar refractivity (Wildman–Crippen MR) is 71.1 cm³/mol. The van der Waals surface area contributed by atoms with Gasteiger partial charge in [-0.2, -0.15) is 0 Å². The van der Waals surface area contributed by atoms with E-state index in [1.54, 1.807) is 19.4 Å². The number of thiazole rings is 1. The monoisotopic (exact) mass is 258 g/mol. The van der Waals surface area contributed by atoms with Crippen molar-refractivity contribution in [1.82, 2.24) is 9.97 Å². The third kappa shape index (κ3) is 1.78. The van der Waals surface area contributed by atoms with Gasteiger partial charge in [-0.3, -0.25) is 4.98 Å². The Balaban J connectivity index is 2.17. The topological polar surface area (TPSA) is 55.2 Å². The van der Waals surface area contributed by atoms with Crippen molar-refractivity contribution in [3.63, 3.8) is 0 Å². The Bertz CT molecular complexity index is 709. The minimum atomic E-state index is 0.142. The van der Waals surface area contributed by atoms with Crippen LogP contribution < -0.4 is 4.74 Å². The zero-order chi connectivity index (χ0) is 12.5. The molecule has 1 aromatic carbocycles. The van der Waals surface area contributed by atoms with E-state index in [1.807, 2.05) is 18.2 Å². The van der Waals surface area contributed by atoms with E-state index in [0.717, 1.165) is 21.0 Å². The van der Waals surface area contributed by atoms with E-state index in [0.29, 0.717) is 5.56 Å². The lowest BCUT2D eigenvalue weighted by Crippen LogP contribution is -1.80. The first-order valence-corrected chi connectivity index (χ1v) is 6.17. The molecule has 0 amide bonds. The van der Waals surface area contributed by atoms with Crippen molar-refractivity contribution in [1.29, 1.82) is 0 Å². The lowest BCUT2D eigenvalue weighted by Gasteiger charge is -1.97. The Morgan fingerprint density at radius 3 is 2.94 bits per heavy atom. The van der Waals surface area contributed by atoms with Gasteiger partial charge in [-0.05, 0) is 24.3 Å². The summed E-state index contributed by atoms with van der Waals surface area (Å²) in [6.07, 6.45) is 3.06. The van der Waals surface area contributed by atoms with Crippen molar-refractivity contribution < 1.29 is 9.84 Å². The van der Waals surface area contributed by atoms with Crippen molar-refractivity contribution in [3.05, 3.63) is 36.7 Å². The van der Waals surface area contributed by atoms with Crippen molar-refractivity contribution in [2.24, 2.45) is 0 Å². The summed E-state index contributed by atoms with van der Waals surface area (Å²) < 4.78 is 6.21. The lowest BCUT2D eigenvalue weighted by molar-refractivity contribution is 0.415. The fourth-order valence-corrected chi connectivity index (χ4v) is 2.74. The van der Waals surface area contributed by atoms with Crippen molar-refractivity contribution >= 4 is 21.6 Å². The molecular weight excluding hydrogens is 248 g/mol. The highest BCUT2D eigenvalue weighted by atomic mass is 32.1. The van der Waals surface area contributed by atoms with Crippen LogP contribution in [0.15, 0.2) is 36.7 Å². The van der Waals surface area contributed by atoms with E-state index in [-0.39, 0.29) is 5.75 Å². The second-order valence-electron chi connectivity index (χ2n) is 3.75. The smallest absolute Gasteiger partial charge is 0.144 e. The maximum atomic E-state index is 9.77. The molecule has 2 heterocycles. The second kappa shape index (κ2) is 4.27. The molecular formula is C13H10N2O2S. The summed E-state index contributed by atoms with van der Waals surface area (Å²) in [5.41, 5.74) is 1.59. The fourth-order valence-electron chi connectivity index (χ4n) is 1.71. The number of aromatic hydroxyl groups is 1. The van der Waals surface area contributed by atoms with Crippen LogP contribution in [0.1, 0.15) is 0 Å². The number of nitrogens with zero attached hydrogens (tertiary/aromatic N) is 2. The largest absolute Gasteiger partial charge is 0.506 e. The van der Waals surface area contributed by atoms with Gasteiger partial charge in [0.15, 0.2) is 0 Å². The molecule has 5 heteroatoms. The Labute approximate surface area is 108 Å². The Morgan fingerprint density at radius 1 is 1.28 bits per heavy atom. The zero-order valence-corrected chi connectivity index (χ0v) is 10.4. The average molecular weight is 258 g/mol. The Morgan fingerprint density at radius 2 is 2.17 bits per heavy atom. The second-order valence-corrected chi connectivity index (χ2v) is 4.78. The number of hydrogen-bond acceptors (Lipinski definition) is 5. The number of fused-ring (bicyclic) bond motifs is 1. The van der Waals surface area contributed by atoms with Crippen molar-refractivity contribution in [2.75, 3.05) is 7.11 Å². The summed E-state index contributed by atoms with van der Waals surface area (Å²) in [7, 11) is 1.64. The van der Waals surface area contributed by atoms with Gasteiger partial charge in [0.2, 0.25) is 0 Å². The number of ether oxygens (including phenoxy) is 1. The van der Waals surface area contributed by atoms with Gasteiger partial charge >= 0.3 is 0 Å². The van der Waals surface area contributed by atoms with Gasteiger partial charge in [-0.1, -0.05) is 0 Å². The molecule has 0 aliphatic heterocycles. The number of aromatic nitrogens is 2. The number of hydrogen-bond donors (Lipinski definition) is 1. The number of rotatable bonds is 2. The summed E-state index contributed by atoms with van der Waals surface area (Å²) in [5.74, 6) is 0.945. The summed E-state index contributed by atoms with van der Waals surface area (Å²) in [4.78, 5) is 8.35. The molecule has 0 radical (unpaired) electrons. The van der Waals surface area contributed by atoms with Crippen LogP contribution >= 0.6 is 11.3 Å². The SMILES string of the molecule is COc1ccc2nc(-c3ccncc3O)sc2c1. The summed E-state index contributed by atoms with van der Waals surface area (Å²) in [6.45, 7) is 0. The molecule has 90 valence electrons. The quantitative estimate of drug-likeness (QED) is 0.767. The molecule has 0 aliphatic rings. The molecule has 0 spiro atoms. The van der Waals surface area contributed by atoms with Gasteiger partial charge in [-0.15, -0.1) is 11.3 Å². The summed E-state index contributed by atoms with van der Waals surface area (Å²) in [6, 6.07) is 7.48. The van der Waals surface area contributed by atoms with Gasteiger partial charge in [0, 0.05) is 6.20 Å². The molecule has 3 aromatic rings. The van der Waals surface area contributed by atoms with Gasteiger partial charge < -0.3 is 9.84 Å². The van der Waals surface area contributed by atoms with Crippen LogP contribution in [0.5, 0.6) is 11.5 Å². The lowest BCUT2D eigenvalue weighted by atomic mass is 10.2. The molecule has 0 saturated heterocycles. The van der Waals surface area contributed by atoms with Crippen LogP contribution in [-0.2, 0) is 0 Å². The highest BCUT2D eigenvalue weighted by Gasteiger charge is 2.10. The fraction of sp³-hybridized carbons (Fsp3) is 0.0769. The van der Waals surface area contributed by atoms with Crippen LogP contribution in [0, 0.1) is 0 Å². The summed E-state index contributed by atoms with van der Waals surface area (Å²) in [5, 5.41) is 10.5. The van der Waals surface area contributed by atoms with Gasteiger partial charge in [0.1, 0.15) is 16.5 Å². The highest BCUT2D eigenvalue weighted by molar-refractivity contribution is 7.21. The maximum Gasteiger partial charge on any atom is 0.144 e. The molecule has 0 fully saturated rings. The zero-order valence-electron chi connectivity index (χ0n) is 9.62. The van der Waals surface area contributed by atoms with Crippen molar-refractivity contribution in [3.8, 4) is 22.1 Å². The molecule has 0 saturated carbocycles. The maximum absolute atomic E-state index is 9.77. The first-order chi connectivity index (χ1) is 8.78. The van der Waals surface area contributed by atoms with Crippen LogP contribution in [0.2, 0.25) is 0 Å². The van der Waals surface area contributed by atoms with Crippen LogP contribution in [0.25, 0.3) is 20.8 Å². The molecule has 1 N–H and O–H groups in total. The molecule has 0 atom stereocenters. The van der Waals surface area contributed by atoms with Crippen LogP contribution in [-0.4, -0.2) is 22.2 Å². The molecule has 0 bridgehead atoms. The molecule has 0 unspecified atom stereocenters. The van der Waals surface area contributed by atoms with E-state index < -0.39 is 0 Å². The average Bonchev–Trinajstić information content (AvgIpc) is 2.81. The van der Waals surface area contributed by atoms with E-state index in [4.69, 9.17) is 4.74 Å². The van der Waals surface area contributed by atoms with Crippen LogP contribution in [0.4, 0.5) is 0 Å². The minimum absolute atomic E-state index is 0.142. The third-order valence-electron chi connectivity index (χ3n) is 2.63. The van der Waals surface area contributed by atoms with Crippen molar-refractivity contribution in [2.45, 2.75) is 0 Å². The minimum Gasteiger partial charge on any atom is -0.506 e. The normalized spacial score (nSPS) is 10.7.